The van der Waals surface area contributed by atoms with Crippen molar-refractivity contribution >= 4 is 39.6 Å². The molecule has 3 heterocycles. The Morgan fingerprint density at radius 1 is 1.04 bits per heavy atom. The third kappa shape index (κ3) is 8.73. The third-order valence-electron chi connectivity index (χ3n) is 8.22. The van der Waals surface area contributed by atoms with E-state index in [9.17, 15) is 13.0 Å². The molecule has 6 rings (SSSR count). The maximum atomic E-state index is 13.4. The molecule has 1 atom stereocenters. The van der Waals surface area contributed by atoms with E-state index in [4.69, 9.17) is 23.0 Å². The minimum Gasteiger partial charge on any atom is -0.489 e. The van der Waals surface area contributed by atoms with Gasteiger partial charge >= 0.3 is 7.82 Å². The second-order valence-corrected chi connectivity index (χ2v) is 18.7. The maximum absolute atomic E-state index is 13.4. The quantitative estimate of drug-likeness (QED) is 0.148. The number of rotatable bonds is 12. The van der Waals surface area contributed by atoms with Crippen LogP contribution < -0.4 is 4.74 Å². The molecule has 13 heteroatoms. The number of nitrogens with one attached hydrogen (secondary N) is 1. The van der Waals surface area contributed by atoms with Gasteiger partial charge in [0.15, 0.2) is 9.84 Å². The number of morpholine rings is 1. The van der Waals surface area contributed by atoms with Crippen LogP contribution in [0.1, 0.15) is 59.9 Å². The Balaban J connectivity index is 1.18. The molecular formula is C36H48N3O8PS. The van der Waals surface area contributed by atoms with Crippen LogP contribution in [0.25, 0.3) is 33.1 Å². The average molecular weight is 714 g/mol. The standard InChI is InChI=1S/C36H48N3O8PS/c1-24-19-30-32-29(25-9-8-10-28(20-25)49(41,42)27-11-12-27)13-14-31(33(32)38-34(30)37-21-24)44-23-26-22-39(15-17-43-26)16-18-45-48(40,46-35(2,3)4)47-36(5,6)7/h8-10,13-14,19-21,26-27H,11-12,15-18,22-23H2,1-7H3,(H,37,38). The molecule has 1 unspecified atom stereocenters. The number of aryl methyl sites for hydroxylation is 1. The molecule has 1 saturated carbocycles. The molecule has 4 aromatic rings. The zero-order chi connectivity index (χ0) is 35.2. The largest absolute Gasteiger partial charge is 0.489 e. The lowest BCUT2D eigenvalue weighted by atomic mass is 9.99. The van der Waals surface area contributed by atoms with E-state index in [2.05, 4.69) is 20.9 Å². The normalized spacial score (nSPS) is 18.4. The van der Waals surface area contributed by atoms with Gasteiger partial charge in [0, 0.05) is 36.6 Å². The zero-order valence-corrected chi connectivity index (χ0v) is 31.2. The van der Waals surface area contributed by atoms with Gasteiger partial charge in [-0.05, 0) is 108 Å². The lowest BCUT2D eigenvalue weighted by Crippen LogP contribution is -2.46. The molecule has 1 aliphatic heterocycles. The van der Waals surface area contributed by atoms with E-state index in [0.717, 1.165) is 38.6 Å². The SMILES string of the molecule is Cc1cnc2[nH]c3c(OCC4CN(CCOP(=O)(OC(C)(C)C)OC(C)(C)C)CCO4)ccc(-c4cccc(S(=O)(=O)C5CC5)c4)c3c2c1. The first-order chi connectivity index (χ1) is 23.0. The molecule has 2 aromatic carbocycles. The smallest absolute Gasteiger partial charge is 0.475 e. The van der Waals surface area contributed by atoms with E-state index in [-0.39, 0.29) is 18.0 Å². The summed E-state index contributed by atoms with van der Waals surface area (Å²) in [6.45, 7) is 15.7. The van der Waals surface area contributed by atoms with Gasteiger partial charge < -0.3 is 14.5 Å². The van der Waals surface area contributed by atoms with E-state index in [1.165, 1.54) is 0 Å². The second-order valence-electron chi connectivity index (χ2n) is 15.0. The summed E-state index contributed by atoms with van der Waals surface area (Å²) in [5, 5.41) is 1.58. The highest BCUT2D eigenvalue weighted by molar-refractivity contribution is 7.92. The Morgan fingerprint density at radius 3 is 2.47 bits per heavy atom. The topological polar surface area (TPSA) is 129 Å². The lowest BCUT2D eigenvalue weighted by Gasteiger charge is -2.34. The molecule has 2 fully saturated rings. The van der Waals surface area contributed by atoms with Gasteiger partial charge in [0.2, 0.25) is 0 Å². The van der Waals surface area contributed by atoms with E-state index in [0.29, 0.717) is 56.3 Å². The number of aromatic nitrogens is 2. The summed E-state index contributed by atoms with van der Waals surface area (Å²) in [4.78, 5) is 10.6. The highest BCUT2D eigenvalue weighted by Gasteiger charge is 2.38. The van der Waals surface area contributed by atoms with E-state index >= 15 is 0 Å². The van der Waals surface area contributed by atoms with Gasteiger partial charge in [0.1, 0.15) is 24.1 Å². The summed E-state index contributed by atoms with van der Waals surface area (Å²) < 4.78 is 69.4. The van der Waals surface area contributed by atoms with Crippen molar-refractivity contribution < 1.29 is 36.0 Å². The van der Waals surface area contributed by atoms with Crippen molar-refractivity contribution in [3.05, 3.63) is 54.2 Å². The Kier molecular flexibility index (Phi) is 10.1. The van der Waals surface area contributed by atoms with Gasteiger partial charge in [0.05, 0.1) is 40.1 Å². The van der Waals surface area contributed by atoms with E-state index < -0.39 is 28.9 Å². The Labute approximate surface area is 289 Å². The molecular weight excluding hydrogens is 665 g/mol. The van der Waals surface area contributed by atoms with Crippen LogP contribution in [-0.4, -0.2) is 85.3 Å². The van der Waals surface area contributed by atoms with Gasteiger partial charge in [-0.2, -0.15) is 0 Å². The van der Waals surface area contributed by atoms with Crippen molar-refractivity contribution in [1.29, 1.82) is 0 Å². The summed E-state index contributed by atoms with van der Waals surface area (Å²) in [5.41, 5.74) is 2.84. The fourth-order valence-corrected chi connectivity index (χ4v) is 9.52. The number of nitrogens with zero attached hydrogens (tertiary/aromatic N) is 2. The fraction of sp³-hybridized carbons (Fsp3) is 0.528. The minimum absolute atomic E-state index is 0.170. The van der Waals surface area contributed by atoms with Gasteiger partial charge in [-0.25, -0.2) is 18.0 Å². The molecule has 0 amide bonds. The fourth-order valence-electron chi connectivity index (χ4n) is 6.03. The first kappa shape index (κ1) is 36.0. The minimum atomic E-state index is -3.80. The van der Waals surface area contributed by atoms with Gasteiger partial charge in [0.25, 0.3) is 0 Å². The predicted octanol–water partition coefficient (Wildman–Crippen LogP) is 7.46. The second kappa shape index (κ2) is 13.7. The molecule has 11 nitrogen and oxygen atoms in total. The van der Waals surface area contributed by atoms with Crippen LogP contribution in [-0.2, 0) is 32.7 Å². The number of ether oxygens (including phenoxy) is 2. The third-order valence-corrected chi connectivity index (χ3v) is 12.5. The molecule has 0 spiro atoms. The van der Waals surface area contributed by atoms with Crippen LogP contribution in [0.2, 0.25) is 0 Å². The van der Waals surface area contributed by atoms with Crippen LogP contribution >= 0.6 is 7.82 Å². The van der Waals surface area contributed by atoms with Crippen molar-refractivity contribution in [2.75, 3.05) is 39.5 Å². The van der Waals surface area contributed by atoms with Crippen molar-refractivity contribution in [2.45, 2.75) is 88.8 Å². The summed E-state index contributed by atoms with van der Waals surface area (Å²) in [6.07, 6.45) is 3.04. The van der Waals surface area contributed by atoms with Gasteiger partial charge in [-0.3, -0.25) is 18.5 Å². The Morgan fingerprint density at radius 2 is 1.78 bits per heavy atom. The van der Waals surface area contributed by atoms with Crippen LogP contribution in [0.3, 0.4) is 0 Å². The van der Waals surface area contributed by atoms with Crippen LogP contribution in [0, 0.1) is 6.92 Å². The number of phosphoric acid groups is 1. The molecule has 1 N–H and O–H groups in total. The number of hydrogen-bond acceptors (Lipinski definition) is 10. The first-order valence-electron chi connectivity index (χ1n) is 16.9. The van der Waals surface area contributed by atoms with E-state index in [1.54, 1.807) is 12.1 Å². The number of pyridine rings is 1. The van der Waals surface area contributed by atoms with Crippen molar-refractivity contribution in [2.24, 2.45) is 0 Å². The number of sulfone groups is 1. The number of aromatic amines is 1. The number of phosphoric ester groups is 1. The van der Waals surface area contributed by atoms with Crippen LogP contribution in [0.15, 0.2) is 53.6 Å². The highest BCUT2D eigenvalue weighted by Crippen LogP contribution is 2.55. The molecule has 1 saturated heterocycles. The van der Waals surface area contributed by atoms with Gasteiger partial charge in [-0.15, -0.1) is 0 Å². The number of hydrogen-bond donors (Lipinski definition) is 1. The molecule has 0 bridgehead atoms. The summed E-state index contributed by atoms with van der Waals surface area (Å²) in [6, 6.07) is 13.2. The summed E-state index contributed by atoms with van der Waals surface area (Å²) in [7, 11) is -7.14. The average Bonchev–Trinajstić information content (AvgIpc) is 3.80. The Hall–Kier alpha value is -2.83. The molecule has 1 aliphatic carbocycles. The lowest BCUT2D eigenvalue weighted by molar-refractivity contribution is -0.0528. The summed E-state index contributed by atoms with van der Waals surface area (Å²) in [5.74, 6) is 0.653. The first-order valence-corrected chi connectivity index (χ1v) is 19.9. The predicted molar refractivity (Wildman–Crippen MR) is 191 cm³/mol. The molecule has 0 radical (unpaired) electrons. The van der Waals surface area contributed by atoms with Crippen molar-refractivity contribution in [1.82, 2.24) is 14.9 Å². The number of H-pyrrole nitrogens is 1. The van der Waals surface area contributed by atoms with Crippen LogP contribution in [0.4, 0.5) is 0 Å². The number of fused-ring (bicyclic) bond motifs is 3. The van der Waals surface area contributed by atoms with Crippen molar-refractivity contribution in [3.8, 4) is 16.9 Å². The van der Waals surface area contributed by atoms with Gasteiger partial charge in [-0.1, -0.05) is 12.1 Å². The zero-order valence-electron chi connectivity index (χ0n) is 29.4. The Bertz CT molecular complexity index is 1960. The molecule has 2 aliphatic rings. The molecule has 49 heavy (non-hydrogen) atoms. The molecule has 266 valence electrons. The molecule has 2 aromatic heterocycles. The monoisotopic (exact) mass is 713 g/mol. The maximum Gasteiger partial charge on any atom is 0.475 e. The van der Waals surface area contributed by atoms with Crippen molar-refractivity contribution in [3.63, 3.8) is 0 Å². The van der Waals surface area contributed by atoms with E-state index in [1.807, 2.05) is 78.9 Å². The summed E-state index contributed by atoms with van der Waals surface area (Å²) >= 11 is 0. The highest BCUT2D eigenvalue weighted by atomic mass is 32.2. The van der Waals surface area contributed by atoms with Crippen LogP contribution in [0.5, 0.6) is 5.75 Å². The number of benzene rings is 2.